The zero-order valence-electron chi connectivity index (χ0n) is 18.7. The number of fused-ring (bicyclic) bond motifs is 1. The van der Waals surface area contributed by atoms with Crippen LogP contribution in [0.5, 0.6) is 5.75 Å². The minimum absolute atomic E-state index is 0.0708. The maximum absolute atomic E-state index is 13.6. The van der Waals surface area contributed by atoms with Gasteiger partial charge < -0.3 is 9.64 Å². The summed E-state index contributed by atoms with van der Waals surface area (Å²) in [5.74, 6) is -1.47. The first-order valence-electron chi connectivity index (χ1n) is 11.1. The van der Waals surface area contributed by atoms with Gasteiger partial charge >= 0.3 is 5.69 Å². The Morgan fingerprint density at radius 1 is 1.11 bits per heavy atom. The zero-order valence-corrected chi connectivity index (χ0v) is 18.7. The number of halogens is 2. The lowest BCUT2D eigenvalue weighted by Gasteiger charge is -2.15. The highest BCUT2D eigenvalue weighted by molar-refractivity contribution is 5.87. The van der Waals surface area contributed by atoms with E-state index in [2.05, 4.69) is 11.6 Å². The van der Waals surface area contributed by atoms with Crippen LogP contribution in [-0.4, -0.2) is 38.0 Å². The molecule has 1 saturated heterocycles. The van der Waals surface area contributed by atoms with Crippen LogP contribution in [0, 0.1) is 11.6 Å². The summed E-state index contributed by atoms with van der Waals surface area (Å²) in [7, 11) is 0. The van der Waals surface area contributed by atoms with E-state index in [-0.39, 0.29) is 24.2 Å². The summed E-state index contributed by atoms with van der Waals surface area (Å²) < 4.78 is 35.5. The molecule has 0 saturated carbocycles. The topological polar surface area (TPSA) is 69.4 Å². The van der Waals surface area contributed by atoms with Crippen molar-refractivity contribution < 1.29 is 18.3 Å². The van der Waals surface area contributed by atoms with E-state index in [0.29, 0.717) is 42.0 Å². The predicted molar refractivity (Wildman–Crippen MR) is 126 cm³/mol. The van der Waals surface area contributed by atoms with Gasteiger partial charge in [0.25, 0.3) is 0 Å². The minimum Gasteiger partial charge on any atom is -0.489 e. The monoisotopic (exact) mass is 476 g/mol. The van der Waals surface area contributed by atoms with Crippen LogP contribution in [-0.2, 0) is 11.4 Å². The molecule has 1 aliphatic heterocycles. The molecule has 7 nitrogen and oxygen atoms in total. The van der Waals surface area contributed by atoms with E-state index in [9.17, 15) is 18.4 Å². The summed E-state index contributed by atoms with van der Waals surface area (Å²) in [6.45, 7) is 4.61. The van der Waals surface area contributed by atoms with Gasteiger partial charge in [-0.2, -0.15) is 0 Å². The first-order chi connectivity index (χ1) is 17.0. The molecule has 4 aromatic rings. The highest BCUT2D eigenvalue weighted by Crippen LogP contribution is 2.27. The predicted octanol–water partition coefficient (Wildman–Crippen LogP) is 4.00. The maximum atomic E-state index is 13.6. The number of amides is 1. The van der Waals surface area contributed by atoms with Crippen molar-refractivity contribution in [1.29, 1.82) is 0 Å². The fraction of sp³-hybridized carbons (Fsp3) is 0.192. The number of aromatic nitrogens is 3. The maximum Gasteiger partial charge on any atom is 0.334 e. The van der Waals surface area contributed by atoms with Crippen molar-refractivity contribution in [3.05, 3.63) is 101 Å². The Hall–Kier alpha value is -4.27. The van der Waals surface area contributed by atoms with E-state index in [1.807, 2.05) is 0 Å². The van der Waals surface area contributed by atoms with Gasteiger partial charge in [-0.25, -0.2) is 13.6 Å². The lowest BCUT2D eigenvalue weighted by Crippen LogP contribution is -2.31. The van der Waals surface area contributed by atoms with Crippen LogP contribution in [0.25, 0.3) is 16.7 Å². The van der Waals surface area contributed by atoms with Gasteiger partial charge in [0, 0.05) is 19.3 Å². The van der Waals surface area contributed by atoms with Gasteiger partial charge in [-0.15, -0.1) is 0 Å². The lowest BCUT2D eigenvalue weighted by atomic mass is 10.2. The van der Waals surface area contributed by atoms with Crippen LogP contribution in [0.15, 0.2) is 78.4 Å². The van der Waals surface area contributed by atoms with Crippen LogP contribution in [0.1, 0.15) is 18.0 Å². The van der Waals surface area contributed by atoms with Crippen molar-refractivity contribution in [2.45, 2.75) is 19.1 Å². The van der Waals surface area contributed by atoms with E-state index in [1.54, 1.807) is 56.8 Å². The smallest absolute Gasteiger partial charge is 0.334 e. The molecule has 2 aromatic carbocycles. The molecule has 1 atom stereocenters. The molecule has 2 aromatic heterocycles. The SMILES string of the molecule is C=CC(=O)N1CC[C@@H](n2c(=O)n(-c3ccc(OCc4ccc(F)c(F)c4)cc3)c3cnccc32)C1. The van der Waals surface area contributed by atoms with Gasteiger partial charge in [0.1, 0.15) is 12.4 Å². The average Bonchev–Trinajstić information content (AvgIpc) is 3.46. The number of benzene rings is 2. The standard InChI is InChI=1S/C26H22F2N4O3/c1-2-25(33)30-12-10-19(15-30)32-23-9-11-29-14-24(23)31(26(32)34)18-4-6-20(7-5-18)35-16-17-3-8-21(27)22(28)13-17/h2-9,11,13-14,19H,1,10,12,15-16H2/t19-/m1/s1. The van der Waals surface area contributed by atoms with Gasteiger partial charge in [-0.1, -0.05) is 12.6 Å². The van der Waals surface area contributed by atoms with E-state index < -0.39 is 11.6 Å². The van der Waals surface area contributed by atoms with Gasteiger partial charge in [-0.3, -0.25) is 18.9 Å². The molecular weight excluding hydrogens is 454 g/mol. The summed E-state index contributed by atoms with van der Waals surface area (Å²) in [6.07, 6.45) is 5.23. The molecule has 0 radical (unpaired) electrons. The van der Waals surface area contributed by atoms with E-state index in [1.165, 1.54) is 12.1 Å². The van der Waals surface area contributed by atoms with Crippen LogP contribution < -0.4 is 10.4 Å². The number of rotatable bonds is 6. The van der Waals surface area contributed by atoms with Crippen LogP contribution in [0.4, 0.5) is 8.78 Å². The molecule has 0 aliphatic carbocycles. The second-order valence-electron chi connectivity index (χ2n) is 8.31. The Kier molecular flexibility index (Phi) is 5.90. The molecular formula is C26H22F2N4O3. The number of hydrogen-bond acceptors (Lipinski definition) is 4. The Morgan fingerprint density at radius 2 is 1.91 bits per heavy atom. The second kappa shape index (κ2) is 9.17. The first kappa shape index (κ1) is 22.5. The molecule has 1 fully saturated rings. The third-order valence-electron chi connectivity index (χ3n) is 6.17. The molecule has 0 bridgehead atoms. The Morgan fingerprint density at radius 3 is 2.66 bits per heavy atom. The third-order valence-corrected chi connectivity index (χ3v) is 6.17. The Bertz CT molecular complexity index is 1480. The van der Waals surface area contributed by atoms with Crippen molar-refractivity contribution in [2.24, 2.45) is 0 Å². The fourth-order valence-corrected chi connectivity index (χ4v) is 4.44. The highest BCUT2D eigenvalue weighted by Gasteiger charge is 2.29. The number of pyridine rings is 1. The molecule has 1 aliphatic rings. The summed E-state index contributed by atoms with van der Waals surface area (Å²) in [4.78, 5) is 31.5. The van der Waals surface area contributed by atoms with Crippen molar-refractivity contribution in [3.63, 3.8) is 0 Å². The molecule has 5 rings (SSSR count). The Labute approximate surface area is 199 Å². The number of hydrogen-bond donors (Lipinski definition) is 0. The molecule has 0 spiro atoms. The summed E-state index contributed by atoms with van der Waals surface area (Å²) in [6, 6.07) is 12.2. The highest BCUT2D eigenvalue weighted by atomic mass is 19.2. The van der Waals surface area contributed by atoms with Crippen LogP contribution in [0.3, 0.4) is 0 Å². The number of nitrogens with zero attached hydrogens (tertiary/aromatic N) is 4. The minimum atomic E-state index is -0.926. The van der Waals surface area contributed by atoms with Crippen molar-refractivity contribution in [3.8, 4) is 11.4 Å². The Balaban J connectivity index is 1.42. The summed E-state index contributed by atoms with van der Waals surface area (Å²) >= 11 is 0. The van der Waals surface area contributed by atoms with E-state index in [4.69, 9.17) is 4.74 Å². The second-order valence-corrected chi connectivity index (χ2v) is 8.31. The van der Waals surface area contributed by atoms with Gasteiger partial charge in [0.2, 0.25) is 5.91 Å². The quantitative estimate of drug-likeness (QED) is 0.395. The molecule has 0 N–H and O–H groups in total. The number of carbonyl (C=O) groups is 1. The van der Waals surface area contributed by atoms with Gasteiger partial charge in [-0.05, 0) is 60.5 Å². The van der Waals surface area contributed by atoms with Crippen LogP contribution >= 0.6 is 0 Å². The average molecular weight is 476 g/mol. The molecule has 1 amide bonds. The van der Waals surface area contributed by atoms with Crippen molar-refractivity contribution in [1.82, 2.24) is 19.0 Å². The molecule has 35 heavy (non-hydrogen) atoms. The largest absolute Gasteiger partial charge is 0.489 e. The number of imidazole rings is 1. The number of carbonyl (C=O) groups excluding carboxylic acids is 1. The van der Waals surface area contributed by atoms with Crippen molar-refractivity contribution in [2.75, 3.05) is 13.1 Å². The molecule has 178 valence electrons. The summed E-state index contributed by atoms with van der Waals surface area (Å²) in [5, 5.41) is 0. The van der Waals surface area contributed by atoms with Crippen molar-refractivity contribution >= 4 is 16.9 Å². The molecule has 3 heterocycles. The molecule has 0 unspecified atom stereocenters. The summed E-state index contributed by atoms with van der Waals surface area (Å²) in [5.41, 5.74) is 2.30. The first-order valence-corrected chi connectivity index (χ1v) is 11.1. The third kappa shape index (κ3) is 4.21. The van der Waals surface area contributed by atoms with Crippen LogP contribution in [0.2, 0.25) is 0 Å². The van der Waals surface area contributed by atoms with Gasteiger partial charge in [0.05, 0.1) is 29.0 Å². The van der Waals surface area contributed by atoms with E-state index in [0.717, 1.165) is 17.6 Å². The lowest BCUT2D eigenvalue weighted by molar-refractivity contribution is -0.125. The number of ether oxygens (including phenoxy) is 1. The van der Waals surface area contributed by atoms with E-state index >= 15 is 0 Å². The fourth-order valence-electron chi connectivity index (χ4n) is 4.44. The molecule has 9 heteroatoms. The number of likely N-dealkylation sites (tertiary alicyclic amines) is 1. The zero-order chi connectivity index (χ0) is 24.5. The van der Waals surface area contributed by atoms with Gasteiger partial charge in [0.15, 0.2) is 11.6 Å². The normalized spacial score (nSPS) is 15.5.